The topological polar surface area (TPSA) is 26.3 Å². The van der Waals surface area contributed by atoms with Crippen molar-refractivity contribution in [1.29, 1.82) is 0 Å². The highest BCUT2D eigenvalue weighted by Gasteiger charge is 2.65. The molecule has 70 valence electrons. The fourth-order valence-electron chi connectivity index (χ4n) is 1.15. The first-order valence-electron chi connectivity index (χ1n) is 3.95. The first-order chi connectivity index (χ1) is 5.37. The van der Waals surface area contributed by atoms with Gasteiger partial charge in [-0.15, -0.1) is 23.2 Å². The number of hydrogen-bond donors (Lipinski definition) is 0. The van der Waals surface area contributed by atoms with Crippen molar-refractivity contribution in [2.24, 2.45) is 11.8 Å². The van der Waals surface area contributed by atoms with Crippen molar-refractivity contribution in [2.75, 3.05) is 0 Å². The zero-order valence-corrected chi connectivity index (χ0v) is 8.82. The average molecular weight is 211 g/mol. The van der Waals surface area contributed by atoms with E-state index in [4.69, 9.17) is 27.9 Å². The molecule has 0 amide bonds. The Morgan fingerprint density at radius 1 is 1.50 bits per heavy atom. The molecule has 1 aliphatic rings. The molecule has 0 aromatic heterocycles. The van der Waals surface area contributed by atoms with Gasteiger partial charge in [-0.1, -0.05) is 6.92 Å². The maximum Gasteiger partial charge on any atom is 0.312 e. The Morgan fingerprint density at radius 2 is 1.92 bits per heavy atom. The van der Waals surface area contributed by atoms with E-state index < -0.39 is 4.33 Å². The third kappa shape index (κ3) is 1.69. The van der Waals surface area contributed by atoms with Crippen molar-refractivity contribution in [3.8, 4) is 0 Å². The van der Waals surface area contributed by atoms with Crippen molar-refractivity contribution in [2.45, 2.75) is 31.2 Å². The van der Waals surface area contributed by atoms with Gasteiger partial charge in [0.25, 0.3) is 0 Å². The predicted octanol–water partition coefficient (Wildman–Crippen LogP) is 2.38. The van der Waals surface area contributed by atoms with Gasteiger partial charge >= 0.3 is 5.97 Å². The van der Waals surface area contributed by atoms with Crippen molar-refractivity contribution >= 4 is 29.2 Å². The normalized spacial score (nSPS) is 31.8. The molecule has 0 bridgehead atoms. The molecular formula is C8H12Cl2O2. The van der Waals surface area contributed by atoms with Crippen LogP contribution in [0.2, 0.25) is 0 Å². The molecule has 0 radical (unpaired) electrons. The van der Waals surface area contributed by atoms with Gasteiger partial charge in [0.15, 0.2) is 0 Å². The molecule has 12 heavy (non-hydrogen) atoms. The standard InChI is InChI=1S/C8H12Cl2O2/c1-4(2)12-7(11)6-5(3)8(6,9)10/h4-6H,1-3H3. The van der Waals surface area contributed by atoms with E-state index in [1.807, 2.05) is 6.92 Å². The van der Waals surface area contributed by atoms with Gasteiger partial charge < -0.3 is 4.74 Å². The Morgan fingerprint density at radius 3 is 2.17 bits per heavy atom. The van der Waals surface area contributed by atoms with Crippen LogP contribution in [0.25, 0.3) is 0 Å². The minimum Gasteiger partial charge on any atom is -0.463 e. The van der Waals surface area contributed by atoms with Crippen LogP contribution in [0, 0.1) is 11.8 Å². The molecule has 0 saturated heterocycles. The van der Waals surface area contributed by atoms with E-state index in [0.717, 1.165) is 0 Å². The van der Waals surface area contributed by atoms with Crippen molar-refractivity contribution in [3.05, 3.63) is 0 Å². The second-order valence-corrected chi connectivity index (χ2v) is 4.87. The van der Waals surface area contributed by atoms with Gasteiger partial charge in [-0.3, -0.25) is 4.79 Å². The molecule has 0 aliphatic heterocycles. The summed E-state index contributed by atoms with van der Waals surface area (Å²) in [6.07, 6.45) is -0.102. The van der Waals surface area contributed by atoms with E-state index >= 15 is 0 Å². The highest BCUT2D eigenvalue weighted by Crippen LogP contribution is 2.59. The van der Waals surface area contributed by atoms with Gasteiger partial charge in [0.1, 0.15) is 4.33 Å². The third-order valence-corrected chi connectivity index (χ3v) is 3.18. The van der Waals surface area contributed by atoms with Crippen LogP contribution >= 0.6 is 23.2 Å². The first-order valence-corrected chi connectivity index (χ1v) is 4.71. The van der Waals surface area contributed by atoms with Crippen LogP contribution in [-0.2, 0) is 9.53 Å². The summed E-state index contributed by atoms with van der Waals surface area (Å²) < 4.78 is 4.08. The fraction of sp³-hybridized carbons (Fsp3) is 0.875. The van der Waals surface area contributed by atoms with E-state index in [1.165, 1.54) is 0 Å². The molecule has 0 N–H and O–H groups in total. The third-order valence-electron chi connectivity index (χ3n) is 2.02. The van der Waals surface area contributed by atoms with Crippen LogP contribution in [0.1, 0.15) is 20.8 Å². The van der Waals surface area contributed by atoms with Crippen molar-refractivity contribution in [3.63, 3.8) is 0 Å². The molecule has 4 heteroatoms. The number of ether oxygens (including phenoxy) is 1. The Balaban J connectivity index is 2.47. The number of hydrogen-bond acceptors (Lipinski definition) is 2. The van der Waals surface area contributed by atoms with Gasteiger partial charge in [0.05, 0.1) is 12.0 Å². The lowest BCUT2D eigenvalue weighted by Crippen LogP contribution is -2.15. The molecule has 0 aromatic rings. The number of esters is 1. The summed E-state index contributed by atoms with van der Waals surface area (Å²) in [5.41, 5.74) is 0. The van der Waals surface area contributed by atoms with E-state index in [1.54, 1.807) is 13.8 Å². The lowest BCUT2D eigenvalue weighted by atomic mass is 10.3. The summed E-state index contributed by atoms with van der Waals surface area (Å²) in [6, 6.07) is 0. The smallest absolute Gasteiger partial charge is 0.312 e. The second kappa shape index (κ2) is 3.08. The Labute approximate surface area is 82.2 Å². The highest BCUT2D eigenvalue weighted by molar-refractivity contribution is 6.52. The molecule has 0 heterocycles. The highest BCUT2D eigenvalue weighted by atomic mass is 35.5. The van der Waals surface area contributed by atoms with Crippen molar-refractivity contribution in [1.82, 2.24) is 0 Å². The summed E-state index contributed by atoms with van der Waals surface area (Å²) in [7, 11) is 0. The quantitative estimate of drug-likeness (QED) is 0.517. The van der Waals surface area contributed by atoms with Gasteiger partial charge in [0, 0.05) is 5.92 Å². The molecular weight excluding hydrogens is 199 g/mol. The SMILES string of the molecule is CC(C)OC(=O)C1C(C)C1(Cl)Cl. The van der Waals surface area contributed by atoms with Crippen LogP contribution in [0.15, 0.2) is 0 Å². The fourth-order valence-corrected chi connectivity index (χ4v) is 1.83. The Kier molecular flexibility index (Phi) is 2.60. The zero-order chi connectivity index (χ0) is 9.52. The molecule has 2 atom stereocenters. The molecule has 0 spiro atoms. The minimum absolute atomic E-state index is 0.00656. The van der Waals surface area contributed by atoms with E-state index in [-0.39, 0.29) is 23.9 Å². The molecule has 2 nitrogen and oxygen atoms in total. The lowest BCUT2D eigenvalue weighted by molar-refractivity contribution is -0.149. The predicted molar refractivity (Wildman–Crippen MR) is 48.3 cm³/mol. The zero-order valence-electron chi connectivity index (χ0n) is 7.30. The van der Waals surface area contributed by atoms with Crippen molar-refractivity contribution < 1.29 is 9.53 Å². The summed E-state index contributed by atoms with van der Waals surface area (Å²) in [6.45, 7) is 5.44. The van der Waals surface area contributed by atoms with Gasteiger partial charge in [0.2, 0.25) is 0 Å². The number of halogens is 2. The maximum atomic E-state index is 11.3. The average Bonchev–Trinajstić information content (AvgIpc) is 2.30. The second-order valence-electron chi connectivity index (χ2n) is 3.43. The summed E-state index contributed by atoms with van der Waals surface area (Å²) in [4.78, 5) is 11.3. The number of rotatable bonds is 2. The van der Waals surface area contributed by atoms with Crippen LogP contribution < -0.4 is 0 Å². The summed E-state index contributed by atoms with van der Waals surface area (Å²) in [5.74, 6) is -0.627. The minimum atomic E-state index is -0.897. The molecule has 1 rings (SSSR count). The van der Waals surface area contributed by atoms with E-state index in [0.29, 0.717) is 0 Å². The number of carbonyl (C=O) groups is 1. The number of alkyl halides is 2. The molecule has 0 aromatic carbocycles. The number of carbonyl (C=O) groups excluding carboxylic acids is 1. The van der Waals surface area contributed by atoms with E-state index in [2.05, 4.69) is 0 Å². The van der Waals surface area contributed by atoms with Crippen LogP contribution in [0.3, 0.4) is 0 Å². The first kappa shape index (κ1) is 10.1. The maximum absolute atomic E-state index is 11.3. The lowest BCUT2D eigenvalue weighted by Gasteiger charge is -2.06. The monoisotopic (exact) mass is 210 g/mol. The molecule has 2 unspecified atom stereocenters. The summed E-state index contributed by atoms with van der Waals surface area (Å²) in [5, 5.41) is 0. The van der Waals surface area contributed by atoms with Crippen LogP contribution in [0.5, 0.6) is 0 Å². The van der Waals surface area contributed by atoms with Crippen LogP contribution in [-0.4, -0.2) is 16.4 Å². The van der Waals surface area contributed by atoms with Crippen LogP contribution in [0.4, 0.5) is 0 Å². The Hall–Kier alpha value is 0.0500. The van der Waals surface area contributed by atoms with Gasteiger partial charge in [-0.2, -0.15) is 0 Å². The van der Waals surface area contributed by atoms with E-state index in [9.17, 15) is 4.79 Å². The molecule has 1 saturated carbocycles. The molecule has 1 aliphatic carbocycles. The summed E-state index contributed by atoms with van der Waals surface area (Å²) >= 11 is 11.6. The largest absolute Gasteiger partial charge is 0.463 e. The van der Waals surface area contributed by atoms with Gasteiger partial charge in [-0.25, -0.2) is 0 Å². The molecule has 1 fully saturated rings. The van der Waals surface area contributed by atoms with Gasteiger partial charge in [-0.05, 0) is 13.8 Å². The Bertz CT molecular complexity index is 201.